The summed E-state index contributed by atoms with van der Waals surface area (Å²) in [6.45, 7) is 1.79. The summed E-state index contributed by atoms with van der Waals surface area (Å²) in [4.78, 5) is 10.7. The van der Waals surface area contributed by atoms with Gasteiger partial charge in [0.1, 0.15) is 0 Å². The Labute approximate surface area is 87.6 Å². The molecule has 0 spiro atoms. The number of carbonyl (C=O) groups excluding carboxylic acids is 1. The van der Waals surface area contributed by atoms with Crippen molar-refractivity contribution >= 4 is 17.9 Å². The topological polar surface area (TPSA) is 35.5 Å². The zero-order valence-electron chi connectivity index (χ0n) is 8.26. The average molecular weight is 215 g/mol. The first kappa shape index (κ1) is 10.9. The first-order valence-electron chi connectivity index (χ1n) is 4.02. The highest BCUT2D eigenvalue weighted by Gasteiger charge is 2.15. The van der Waals surface area contributed by atoms with E-state index in [9.17, 15) is 4.79 Å². The van der Waals surface area contributed by atoms with Gasteiger partial charge in [-0.15, -0.1) is 0 Å². The smallest absolute Gasteiger partial charge is 0.180 e. The van der Waals surface area contributed by atoms with Crippen molar-refractivity contribution in [3.63, 3.8) is 0 Å². The third-order valence-electron chi connectivity index (χ3n) is 1.97. The van der Waals surface area contributed by atoms with E-state index in [0.717, 1.165) is 5.56 Å². The number of hydrogen-bond acceptors (Lipinski definition) is 3. The van der Waals surface area contributed by atoms with Crippen molar-refractivity contribution in [1.29, 1.82) is 0 Å². The maximum Gasteiger partial charge on any atom is 0.180 e. The average Bonchev–Trinajstić information content (AvgIpc) is 2.17. The summed E-state index contributed by atoms with van der Waals surface area (Å²) in [6.07, 6.45) is 0.708. The van der Waals surface area contributed by atoms with Crippen LogP contribution in [0.2, 0.25) is 5.02 Å². The number of hydrogen-bond donors (Lipinski definition) is 0. The summed E-state index contributed by atoms with van der Waals surface area (Å²) in [5.74, 6) is 0.919. The van der Waals surface area contributed by atoms with Crippen LogP contribution in [0, 0.1) is 6.92 Å². The van der Waals surface area contributed by atoms with Gasteiger partial charge in [-0.25, -0.2) is 0 Å². The number of methoxy groups -OCH3 is 2. The Kier molecular flexibility index (Phi) is 3.36. The fourth-order valence-corrected chi connectivity index (χ4v) is 1.59. The van der Waals surface area contributed by atoms with E-state index in [1.807, 2.05) is 0 Å². The largest absolute Gasteiger partial charge is 0.493 e. The number of halogens is 1. The van der Waals surface area contributed by atoms with Crippen LogP contribution in [0.4, 0.5) is 0 Å². The van der Waals surface area contributed by atoms with Crippen molar-refractivity contribution in [3.05, 3.63) is 22.2 Å². The molecule has 0 radical (unpaired) electrons. The summed E-state index contributed by atoms with van der Waals surface area (Å²) in [6, 6.07) is 1.72. The van der Waals surface area contributed by atoms with E-state index in [4.69, 9.17) is 21.1 Å². The molecule has 0 aliphatic rings. The number of carbonyl (C=O) groups is 1. The van der Waals surface area contributed by atoms with Crippen LogP contribution >= 0.6 is 11.6 Å². The van der Waals surface area contributed by atoms with Crippen LogP contribution in [0.25, 0.3) is 0 Å². The van der Waals surface area contributed by atoms with Gasteiger partial charge in [0.15, 0.2) is 17.8 Å². The van der Waals surface area contributed by atoms with Gasteiger partial charge in [0, 0.05) is 5.56 Å². The molecule has 0 saturated carbocycles. The molecule has 76 valence electrons. The third kappa shape index (κ3) is 1.68. The van der Waals surface area contributed by atoms with Gasteiger partial charge in [-0.2, -0.15) is 0 Å². The lowest BCUT2D eigenvalue weighted by molar-refractivity contribution is 0.112. The highest BCUT2D eigenvalue weighted by molar-refractivity contribution is 6.34. The lowest BCUT2D eigenvalue weighted by Gasteiger charge is -2.12. The van der Waals surface area contributed by atoms with Crippen molar-refractivity contribution in [2.75, 3.05) is 14.2 Å². The molecule has 0 aliphatic heterocycles. The van der Waals surface area contributed by atoms with E-state index in [1.165, 1.54) is 14.2 Å². The molecule has 0 bridgehead atoms. The molecule has 0 atom stereocenters. The normalized spacial score (nSPS) is 9.71. The van der Waals surface area contributed by atoms with E-state index < -0.39 is 0 Å². The SMILES string of the molecule is COc1cc(C)c(C=O)c(Cl)c1OC. The number of aldehydes is 1. The van der Waals surface area contributed by atoms with Gasteiger partial charge in [-0.05, 0) is 18.6 Å². The van der Waals surface area contributed by atoms with E-state index in [0.29, 0.717) is 28.4 Å². The first-order chi connectivity index (χ1) is 6.65. The predicted molar refractivity (Wildman–Crippen MR) is 54.7 cm³/mol. The van der Waals surface area contributed by atoms with Gasteiger partial charge in [-0.1, -0.05) is 11.6 Å². The minimum atomic E-state index is 0.291. The molecule has 4 heteroatoms. The van der Waals surface area contributed by atoms with Gasteiger partial charge < -0.3 is 9.47 Å². The molecule has 0 aliphatic carbocycles. The van der Waals surface area contributed by atoms with E-state index >= 15 is 0 Å². The van der Waals surface area contributed by atoms with Gasteiger partial charge in [0.05, 0.1) is 19.2 Å². The molecule has 0 aromatic heterocycles. The number of ether oxygens (including phenoxy) is 2. The first-order valence-corrected chi connectivity index (χ1v) is 4.39. The molecular weight excluding hydrogens is 204 g/mol. The highest BCUT2D eigenvalue weighted by atomic mass is 35.5. The van der Waals surface area contributed by atoms with Crippen LogP contribution in [0.15, 0.2) is 6.07 Å². The summed E-state index contributed by atoms with van der Waals surface area (Å²) >= 11 is 5.96. The van der Waals surface area contributed by atoms with Crippen LogP contribution in [0.3, 0.4) is 0 Å². The van der Waals surface area contributed by atoms with Crippen molar-refractivity contribution in [1.82, 2.24) is 0 Å². The van der Waals surface area contributed by atoms with Crippen LogP contribution < -0.4 is 9.47 Å². The molecule has 0 saturated heterocycles. The van der Waals surface area contributed by atoms with E-state index in [1.54, 1.807) is 13.0 Å². The minimum Gasteiger partial charge on any atom is -0.493 e. The van der Waals surface area contributed by atoms with Crippen molar-refractivity contribution in [2.45, 2.75) is 6.92 Å². The summed E-state index contributed by atoms with van der Waals surface area (Å²) in [5, 5.41) is 0.291. The molecule has 1 rings (SSSR count). The second-order valence-corrected chi connectivity index (χ2v) is 3.15. The van der Waals surface area contributed by atoms with Crippen LogP contribution in [0.1, 0.15) is 15.9 Å². The Morgan fingerprint density at radius 1 is 1.36 bits per heavy atom. The van der Waals surface area contributed by atoms with E-state index in [2.05, 4.69) is 0 Å². The van der Waals surface area contributed by atoms with E-state index in [-0.39, 0.29) is 0 Å². The molecule has 1 aromatic rings. The summed E-state index contributed by atoms with van der Waals surface area (Å²) < 4.78 is 10.1. The zero-order valence-corrected chi connectivity index (χ0v) is 9.01. The van der Waals surface area contributed by atoms with Gasteiger partial charge >= 0.3 is 0 Å². The highest BCUT2D eigenvalue weighted by Crippen LogP contribution is 2.38. The van der Waals surface area contributed by atoms with Gasteiger partial charge in [0.25, 0.3) is 0 Å². The van der Waals surface area contributed by atoms with Gasteiger partial charge in [0.2, 0.25) is 0 Å². The molecule has 14 heavy (non-hydrogen) atoms. The Hall–Kier alpha value is -1.22. The lowest BCUT2D eigenvalue weighted by atomic mass is 10.1. The zero-order chi connectivity index (χ0) is 10.7. The Morgan fingerprint density at radius 3 is 2.43 bits per heavy atom. The van der Waals surface area contributed by atoms with Crippen LogP contribution in [-0.4, -0.2) is 20.5 Å². The Balaban J connectivity index is 3.46. The summed E-state index contributed by atoms with van der Waals surface area (Å²) in [5.41, 5.74) is 1.20. The molecule has 0 heterocycles. The molecule has 1 aromatic carbocycles. The Morgan fingerprint density at radius 2 is 2.00 bits per heavy atom. The van der Waals surface area contributed by atoms with Gasteiger partial charge in [-0.3, -0.25) is 4.79 Å². The second kappa shape index (κ2) is 4.33. The summed E-state index contributed by atoms with van der Waals surface area (Å²) in [7, 11) is 3.00. The number of aryl methyl sites for hydroxylation is 1. The monoisotopic (exact) mass is 214 g/mol. The molecule has 3 nitrogen and oxygen atoms in total. The molecule has 0 fully saturated rings. The molecule has 0 unspecified atom stereocenters. The molecule has 0 N–H and O–H groups in total. The maximum absolute atomic E-state index is 10.7. The maximum atomic E-state index is 10.7. The third-order valence-corrected chi connectivity index (χ3v) is 2.35. The Bertz CT molecular complexity index is 361. The fourth-order valence-electron chi connectivity index (χ4n) is 1.23. The minimum absolute atomic E-state index is 0.291. The van der Waals surface area contributed by atoms with Crippen molar-refractivity contribution < 1.29 is 14.3 Å². The predicted octanol–water partition coefficient (Wildman–Crippen LogP) is 2.48. The van der Waals surface area contributed by atoms with Crippen LogP contribution in [0.5, 0.6) is 11.5 Å². The molecule has 0 amide bonds. The number of rotatable bonds is 3. The quantitative estimate of drug-likeness (QED) is 0.726. The second-order valence-electron chi connectivity index (χ2n) is 2.77. The fraction of sp³-hybridized carbons (Fsp3) is 0.300. The number of benzene rings is 1. The van der Waals surface area contributed by atoms with Crippen LogP contribution in [-0.2, 0) is 0 Å². The standard InChI is InChI=1S/C10H11ClO3/c1-6-4-8(13-2)10(14-3)9(11)7(6)5-12/h4-5H,1-3H3. The lowest BCUT2D eigenvalue weighted by Crippen LogP contribution is -1.96. The van der Waals surface area contributed by atoms with Crippen molar-refractivity contribution in [3.8, 4) is 11.5 Å². The van der Waals surface area contributed by atoms with Crippen molar-refractivity contribution in [2.24, 2.45) is 0 Å². The molecular formula is C10H11ClO3.